The van der Waals surface area contributed by atoms with Gasteiger partial charge in [0, 0.05) is 5.92 Å². The minimum Gasteiger partial charge on any atom is -0.320 e. The second-order valence-electron chi connectivity index (χ2n) is 2.69. The molecule has 0 amide bonds. The highest BCUT2D eigenvalue weighted by molar-refractivity contribution is 7.71. The highest BCUT2D eigenvalue weighted by Crippen LogP contribution is 2.12. The van der Waals surface area contributed by atoms with Crippen molar-refractivity contribution in [2.75, 3.05) is 0 Å². The molecule has 0 saturated heterocycles. The molecule has 0 aliphatic rings. The van der Waals surface area contributed by atoms with Crippen LogP contribution in [0.1, 0.15) is 32.0 Å². The van der Waals surface area contributed by atoms with Gasteiger partial charge in [-0.1, -0.05) is 13.8 Å². The molecule has 1 aromatic heterocycles. The quantitative estimate of drug-likeness (QED) is 0.723. The van der Waals surface area contributed by atoms with E-state index in [1.807, 2.05) is 0 Å². The Morgan fingerprint density at radius 1 is 1.42 bits per heavy atom. The van der Waals surface area contributed by atoms with Crippen LogP contribution in [-0.2, 0) is 0 Å². The topological polar surface area (TPSA) is 44.5 Å². The smallest absolute Gasteiger partial charge is 0.200 e. The van der Waals surface area contributed by atoms with E-state index in [0.717, 1.165) is 12.2 Å². The molecule has 1 rings (SSSR count). The second kappa shape index (κ2) is 3.91. The lowest BCUT2D eigenvalue weighted by atomic mass is 10.1. The Bertz CT molecular complexity index is 337. The van der Waals surface area contributed by atoms with Gasteiger partial charge in [0.05, 0.1) is 0 Å². The van der Waals surface area contributed by atoms with Crippen LogP contribution in [-0.4, -0.2) is 15.0 Å². The molecular weight excluding hydrogens is 190 g/mol. The second-order valence-corrected chi connectivity index (χ2v) is 3.49. The molecule has 2 N–H and O–H groups in total. The lowest BCUT2D eigenvalue weighted by molar-refractivity contribution is 0.666. The molecule has 0 spiro atoms. The highest BCUT2D eigenvalue weighted by atomic mass is 32.1. The molecule has 0 saturated carbocycles. The van der Waals surface area contributed by atoms with Crippen LogP contribution in [0, 0.1) is 9.54 Å². The zero-order valence-electron chi connectivity index (χ0n) is 7.05. The molecule has 66 valence electrons. The van der Waals surface area contributed by atoms with Crippen LogP contribution in [0.3, 0.4) is 0 Å². The van der Waals surface area contributed by atoms with Crippen LogP contribution in [0.15, 0.2) is 0 Å². The van der Waals surface area contributed by atoms with Crippen molar-refractivity contribution in [1.82, 2.24) is 15.0 Å². The van der Waals surface area contributed by atoms with Gasteiger partial charge in [-0.15, -0.1) is 0 Å². The first-order chi connectivity index (χ1) is 5.63. The fourth-order valence-corrected chi connectivity index (χ4v) is 1.30. The van der Waals surface area contributed by atoms with E-state index < -0.39 is 0 Å². The summed E-state index contributed by atoms with van der Waals surface area (Å²) in [6, 6.07) is 0. The summed E-state index contributed by atoms with van der Waals surface area (Å²) in [5.74, 6) is 1.24. The first-order valence-corrected chi connectivity index (χ1v) is 4.65. The van der Waals surface area contributed by atoms with Crippen molar-refractivity contribution in [3.8, 4) is 0 Å². The van der Waals surface area contributed by atoms with Crippen LogP contribution in [0.25, 0.3) is 0 Å². The van der Waals surface area contributed by atoms with Crippen LogP contribution in [0.5, 0.6) is 0 Å². The van der Waals surface area contributed by atoms with Crippen molar-refractivity contribution >= 4 is 24.4 Å². The molecule has 1 heterocycles. The Balaban J connectivity index is 3.17. The Labute approximate surface area is 81.3 Å². The Morgan fingerprint density at radius 3 is 2.58 bits per heavy atom. The van der Waals surface area contributed by atoms with Gasteiger partial charge in [0.1, 0.15) is 5.82 Å². The summed E-state index contributed by atoms with van der Waals surface area (Å²) in [6.07, 6.45) is 1.02. The van der Waals surface area contributed by atoms with Gasteiger partial charge >= 0.3 is 0 Å². The Kier molecular flexibility index (Phi) is 3.11. The predicted molar refractivity (Wildman–Crippen MR) is 53.3 cm³/mol. The van der Waals surface area contributed by atoms with E-state index in [4.69, 9.17) is 24.4 Å². The van der Waals surface area contributed by atoms with Crippen molar-refractivity contribution in [3.05, 3.63) is 15.4 Å². The number of hydrogen-bond donors (Lipinski definition) is 2. The maximum Gasteiger partial charge on any atom is 0.200 e. The molecule has 1 atom stereocenters. The van der Waals surface area contributed by atoms with Crippen LogP contribution < -0.4 is 0 Å². The summed E-state index contributed by atoms with van der Waals surface area (Å²) in [5, 5.41) is 0. The minimum atomic E-state index is 0.378. The largest absolute Gasteiger partial charge is 0.320 e. The maximum absolute atomic E-state index is 4.94. The summed E-state index contributed by atoms with van der Waals surface area (Å²) in [4.78, 5) is 9.87. The highest BCUT2D eigenvalue weighted by Gasteiger charge is 2.03. The van der Waals surface area contributed by atoms with Crippen LogP contribution in [0.2, 0.25) is 0 Å². The van der Waals surface area contributed by atoms with Crippen molar-refractivity contribution in [2.45, 2.75) is 26.2 Å². The molecule has 0 aliphatic carbocycles. The van der Waals surface area contributed by atoms with E-state index in [9.17, 15) is 0 Å². The normalized spacial score (nSPS) is 12.8. The van der Waals surface area contributed by atoms with Gasteiger partial charge < -0.3 is 9.97 Å². The lowest BCUT2D eigenvalue weighted by Gasteiger charge is -2.05. The molecule has 1 unspecified atom stereocenters. The van der Waals surface area contributed by atoms with Crippen LogP contribution >= 0.6 is 24.4 Å². The molecule has 0 aliphatic heterocycles. The Morgan fingerprint density at radius 2 is 2.08 bits per heavy atom. The number of aromatic nitrogens is 3. The SMILES string of the molecule is CCC(C)c1nc(=S)[nH]c(=S)[nH]1. The number of aromatic amines is 2. The Hall–Kier alpha value is -0.550. The van der Waals surface area contributed by atoms with E-state index in [-0.39, 0.29) is 0 Å². The third-order valence-corrected chi connectivity index (χ3v) is 2.16. The van der Waals surface area contributed by atoms with Gasteiger partial charge in [-0.05, 0) is 30.9 Å². The van der Waals surface area contributed by atoms with Gasteiger partial charge in [0.25, 0.3) is 0 Å². The van der Waals surface area contributed by atoms with Gasteiger partial charge in [-0.2, -0.15) is 0 Å². The number of nitrogens with one attached hydrogen (secondary N) is 2. The molecule has 5 heteroatoms. The van der Waals surface area contributed by atoms with E-state index in [0.29, 0.717) is 15.5 Å². The molecule has 12 heavy (non-hydrogen) atoms. The first kappa shape index (κ1) is 9.54. The number of nitrogens with zero attached hydrogens (tertiary/aromatic N) is 1. The van der Waals surface area contributed by atoms with Crippen molar-refractivity contribution in [1.29, 1.82) is 0 Å². The summed E-state index contributed by atoms with van der Waals surface area (Å²) in [7, 11) is 0. The molecule has 0 bridgehead atoms. The van der Waals surface area contributed by atoms with Gasteiger partial charge in [-0.25, -0.2) is 4.98 Å². The predicted octanol–water partition coefficient (Wildman–Crippen LogP) is 2.71. The monoisotopic (exact) mass is 201 g/mol. The van der Waals surface area contributed by atoms with Gasteiger partial charge in [-0.3, -0.25) is 0 Å². The summed E-state index contributed by atoms with van der Waals surface area (Å²) < 4.78 is 0.999. The average Bonchev–Trinajstić information content (AvgIpc) is 2.01. The van der Waals surface area contributed by atoms with Crippen LogP contribution in [0.4, 0.5) is 0 Å². The van der Waals surface area contributed by atoms with E-state index in [2.05, 4.69) is 28.8 Å². The molecule has 0 radical (unpaired) electrons. The van der Waals surface area contributed by atoms with E-state index in [1.165, 1.54) is 0 Å². The third-order valence-electron chi connectivity index (χ3n) is 1.76. The molecule has 0 fully saturated rings. The first-order valence-electron chi connectivity index (χ1n) is 3.84. The van der Waals surface area contributed by atoms with Crippen molar-refractivity contribution in [2.24, 2.45) is 0 Å². The number of rotatable bonds is 2. The summed E-state index contributed by atoms with van der Waals surface area (Å²) in [5.41, 5.74) is 0. The minimum absolute atomic E-state index is 0.378. The van der Waals surface area contributed by atoms with Crippen molar-refractivity contribution in [3.63, 3.8) is 0 Å². The molecule has 3 nitrogen and oxygen atoms in total. The summed E-state index contributed by atoms with van der Waals surface area (Å²) >= 11 is 9.84. The average molecular weight is 201 g/mol. The third kappa shape index (κ3) is 2.22. The number of hydrogen-bond acceptors (Lipinski definition) is 3. The maximum atomic E-state index is 4.94. The zero-order chi connectivity index (χ0) is 9.14. The number of H-pyrrole nitrogens is 2. The zero-order valence-corrected chi connectivity index (χ0v) is 8.68. The van der Waals surface area contributed by atoms with E-state index >= 15 is 0 Å². The molecule has 1 aromatic rings. The fraction of sp³-hybridized carbons (Fsp3) is 0.571. The van der Waals surface area contributed by atoms with E-state index in [1.54, 1.807) is 0 Å². The molecule has 0 aromatic carbocycles. The van der Waals surface area contributed by atoms with Gasteiger partial charge in [0.15, 0.2) is 4.77 Å². The summed E-state index contributed by atoms with van der Waals surface area (Å²) in [6.45, 7) is 4.19. The van der Waals surface area contributed by atoms with Gasteiger partial charge in [0.2, 0.25) is 4.77 Å². The standard InChI is InChI=1S/C7H11N3S2/c1-3-4(2)5-8-6(11)10-7(12)9-5/h4H,3H2,1-2H3,(H2,8,9,10,11,12). The molecular formula is C7H11N3S2. The van der Waals surface area contributed by atoms with Crippen molar-refractivity contribution < 1.29 is 0 Å². The lowest BCUT2D eigenvalue weighted by Crippen LogP contribution is -2.01. The fourth-order valence-electron chi connectivity index (χ4n) is 0.837.